The second kappa shape index (κ2) is 4.25. The summed E-state index contributed by atoms with van der Waals surface area (Å²) in [6.07, 6.45) is 7.47. The molecule has 0 N–H and O–H groups in total. The van der Waals surface area contributed by atoms with Crippen molar-refractivity contribution in [3.05, 3.63) is 30.4 Å². The average Bonchev–Trinajstić information content (AvgIpc) is 2.94. The van der Waals surface area contributed by atoms with Crippen LogP contribution in [-0.2, 0) is 11.2 Å². The molecule has 3 heterocycles. The van der Waals surface area contributed by atoms with Crippen molar-refractivity contribution in [3.63, 3.8) is 0 Å². The predicted molar refractivity (Wildman–Crippen MR) is 62.5 cm³/mol. The highest BCUT2D eigenvalue weighted by Crippen LogP contribution is 2.31. The number of methoxy groups -OCH3 is 1. The van der Waals surface area contributed by atoms with Gasteiger partial charge >= 0.3 is 0 Å². The van der Waals surface area contributed by atoms with Gasteiger partial charge in [0.15, 0.2) is 5.82 Å². The van der Waals surface area contributed by atoms with Gasteiger partial charge in [0.05, 0.1) is 24.4 Å². The van der Waals surface area contributed by atoms with Crippen molar-refractivity contribution in [1.82, 2.24) is 19.7 Å². The number of rotatable bonds is 3. The van der Waals surface area contributed by atoms with Crippen LogP contribution < -0.4 is 0 Å². The highest BCUT2D eigenvalue weighted by atomic mass is 16.5. The highest BCUT2D eigenvalue weighted by molar-refractivity contribution is 5.57. The first-order valence-electron chi connectivity index (χ1n) is 5.73. The normalized spacial score (nSPS) is 18.3. The number of hydrogen-bond acceptors (Lipinski definition) is 4. The molecule has 0 saturated carbocycles. The van der Waals surface area contributed by atoms with Crippen LogP contribution in [0, 0.1) is 0 Å². The van der Waals surface area contributed by atoms with E-state index in [1.807, 2.05) is 12.3 Å². The minimum absolute atomic E-state index is 0.354. The standard InChI is InChI=1S/C12H14N4O/c1-17-8-9-3-4-11-10(7-15-16(9)11)12-13-5-2-6-14-12/h2,5-7,9H,3-4,8H2,1H3. The highest BCUT2D eigenvalue weighted by Gasteiger charge is 2.26. The molecule has 0 spiro atoms. The molecule has 1 aliphatic rings. The maximum Gasteiger partial charge on any atom is 0.162 e. The summed E-state index contributed by atoms with van der Waals surface area (Å²) in [6.45, 7) is 0.712. The molecule has 0 saturated heterocycles. The first-order valence-corrected chi connectivity index (χ1v) is 5.73. The van der Waals surface area contributed by atoms with Gasteiger partial charge in [0.25, 0.3) is 0 Å². The summed E-state index contributed by atoms with van der Waals surface area (Å²) in [7, 11) is 1.72. The van der Waals surface area contributed by atoms with E-state index >= 15 is 0 Å². The van der Waals surface area contributed by atoms with Crippen molar-refractivity contribution in [2.75, 3.05) is 13.7 Å². The van der Waals surface area contributed by atoms with E-state index in [0.29, 0.717) is 12.6 Å². The Hall–Kier alpha value is -1.75. The lowest BCUT2D eigenvalue weighted by atomic mass is 10.1. The third-order valence-electron chi connectivity index (χ3n) is 3.12. The predicted octanol–water partition coefficient (Wildman–Crippen LogP) is 1.47. The topological polar surface area (TPSA) is 52.8 Å². The molecule has 2 aromatic heterocycles. The second-order valence-corrected chi connectivity index (χ2v) is 4.17. The molecule has 1 aliphatic heterocycles. The first-order chi connectivity index (χ1) is 8.40. The zero-order valence-electron chi connectivity index (χ0n) is 9.71. The van der Waals surface area contributed by atoms with Gasteiger partial charge in [-0.05, 0) is 18.9 Å². The Morgan fingerprint density at radius 1 is 1.41 bits per heavy atom. The van der Waals surface area contributed by atoms with Gasteiger partial charge in [-0.2, -0.15) is 5.10 Å². The van der Waals surface area contributed by atoms with Gasteiger partial charge < -0.3 is 4.74 Å². The van der Waals surface area contributed by atoms with Crippen molar-refractivity contribution in [2.45, 2.75) is 18.9 Å². The van der Waals surface area contributed by atoms with Crippen molar-refractivity contribution in [2.24, 2.45) is 0 Å². The summed E-state index contributed by atoms with van der Waals surface area (Å²) >= 11 is 0. The van der Waals surface area contributed by atoms with Crippen LogP contribution in [0.3, 0.4) is 0 Å². The van der Waals surface area contributed by atoms with E-state index in [2.05, 4.69) is 19.7 Å². The van der Waals surface area contributed by atoms with Gasteiger partial charge in [-0.1, -0.05) is 0 Å². The molecule has 2 aromatic rings. The Bertz CT molecular complexity index is 508. The summed E-state index contributed by atoms with van der Waals surface area (Å²) in [5.41, 5.74) is 2.27. The summed E-state index contributed by atoms with van der Waals surface area (Å²) in [6, 6.07) is 2.17. The molecule has 0 fully saturated rings. The summed E-state index contributed by atoms with van der Waals surface area (Å²) < 4.78 is 7.26. The fourth-order valence-corrected chi connectivity index (χ4v) is 2.35. The molecule has 0 amide bonds. The number of ether oxygens (including phenoxy) is 1. The van der Waals surface area contributed by atoms with Crippen LogP contribution in [0.25, 0.3) is 11.4 Å². The minimum atomic E-state index is 0.354. The molecule has 88 valence electrons. The Morgan fingerprint density at radius 3 is 3.00 bits per heavy atom. The zero-order valence-corrected chi connectivity index (χ0v) is 9.71. The molecule has 0 aromatic carbocycles. The van der Waals surface area contributed by atoms with Crippen LogP contribution in [-0.4, -0.2) is 33.5 Å². The van der Waals surface area contributed by atoms with E-state index in [4.69, 9.17) is 4.74 Å². The SMILES string of the molecule is COCC1CCc2c(-c3ncccn3)cnn21. The van der Waals surface area contributed by atoms with Crippen LogP contribution in [0.2, 0.25) is 0 Å². The van der Waals surface area contributed by atoms with Crippen LogP contribution in [0.5, 0.6) is 0 Å². The van der Waals surface area contributed by atoms with Crippen molar-refractivity contribution in [1.29, 1.82) is 0 Å². The lowest BCUT2D eigenvalue weighted by Gasteiger charge is -2.09. The third kappa shape index (κ3) is 1.72. The van der Waals surface area contributed by atoms with E-state index in [1.165, 1.54) is 5.69 Å². The largest absolute Gasteiger partial charge is 0.382 e. The summed E-state index contributed by atoms with van der Waals surface area (Å²) in [5.74, 6) is 0.756. The smallest absolute Gasteiger partial charge is 0.162 e. The lowest BCUT2D eigenvalue weighted by Crippen LogP contribution is -2.11. The number of hydrogen-bond donors (Lipinski definition) is 0. The fraction of sp³-hybridized carbons (Fsp3) is 0.417. The first kappa shape index (κ1) is 10.4. The number of aromatic nitrogens is 4. The van der Waals surface area contributed by atoms with Crippen LogP contribution in [0.15, 0.2) is 24.7 Å². The molecule has 0 radical (unpaired) electrons. The fourth-order valence-electron chi connectivity index (χ4n) is 2.35. The second-order valence-electron chi connectivity index (χ2n) is 4.17. The Kier molecular flexibility index (Phi) is 2.60. The van der Waals surface area contributed by atoms with Crippen LogP contribution in [0.4, 0.5) is 0 Å². The maximum atomic E-state index is 5.21. The molecule has 5 nitrogen and oxygen atoms in total. The molecule has 17 heavy (non-hydrogen) atoms. The Morgan fingerprint density at radius 2 is 2.24 bits per heavy atom. The average molecular weight is 230 g/mol. The zero-order chi connectivity index (χ0) is 11.7. The monoisotopic (exact) mass is 230 g/mol. The van der Waals surface area contributed by atoms with Crippen LogP contribution >= 0.6 is 0 Å². The van der Waals surface area contributed by atoms with E-state index in [1.54, 1.807) is 19.5 Å². The molecular weight excluding hydrogens is 216 g/mol. The molecule has 1 unspecified atom stereocenters. The van der Waals surface area contributed by atoms with Gasteiger partial charge in [0.2, 0.25) is 0 Å². The van der Waals surface area contributed by atoms with E-state index in [-0.39, 0.29) is 0 Å². The Labute approximate surface area is 99.5 Å². The number of fused-ring (bicyclic) bond motifs is 1. The number of nitrogens with zero attached hydrogens (tertiary/aromatic N) is 4. The van der Waals surface area contributed by atoms with Gasteiger partial charge in [-0.3, -0.25) is 4.68 Å². The Balaban J connectivity index is 1.98. The lowest BCUT2D eigenvalue weighted by molar-refractivity contribution is 0.153. The quantitative estimate of drug-likeness (QED) is 0.801. The molecule has 1 atom stereocenters. The molecule has 3 rings (SSSR count). The van der Waals surface area contributed by atoms with E-state index < -0.39 is 0 Å². The molecule has 5 heteroatoms. The molecule has 0 aliphatic carbocycles. The van der Waals surface area contributed by atoms with Crippen molar-refractivity contribution >= 4 is 0 Å². The third-order valence-corrected chi connectivity index (χ3v) is 3.12. The van der Waals surface area contributed by atoms with Gasteiger partial charge in [0.1, 0.15) is 0 Å². The van der Waals surface area contributed by atoms with Crippen molar-refractivity contribution in [3.8, 4) is 11.4 Å². The van der Waals surface area contributed by atoms with Crippen LogP contribution in [0.1, 0.15) is 18.2 Å². The van der Waals surface area contributed by atoms with E-state index in [9.17, 15) is 0 Å². The van der Waals surface area contributed by atoms with E-state index in [0.717, 1.165) is 24.2 Å². The summed E-state index contributed by atoms with van der Waals surface area (Å²) in [5, 5.41) is 4.43. The van der Waals surface area contributed by atoms with Gasteiger partial charge in [0, 0.05) is 25.2 Å². The van der Waals surface area contributed by atoms with Gasteiger partial charge in [-0.15, -0.1) is 0 Å². The van der Waals surface area contributed by atoms with Gasteiger partial charge in [-0.25, -0.2) is 9.97 Å². The van der Waals surface area contributed by atoms with Crippen molar-refractivity contribution < 1.29 is 4.74 Å². The minimum Gasteiger partial charge on any atom is -0.382 e. The summed E-state index contributed by atoms with van der Waals surface area (Å²) in [4.78, 5) is 8.55. The molecular formula is C12H14N4O. The molecule has 0 bridgehead atoms. The maximum absolute atomic E-state index is 5.21.